The van der Waals surface area contributed by atoms with E-state index in [0.29, 0.717) is 23.4 Å². The summed E-state index contributed by atoms with van der Waals surface area (Å²) >= 11 is 0. The molecule has 0 saturated carbocycles. The molecule has 0 aliphatic rings. The second kappa shape index (κ2) is 8.97. The van der Waals surface area contributed by atoms with Crippen LogP contribution >= 0.6 is 0 Å². The molecule has 4 aromatic rings. The van der Waals surface area contributed by atoms with E-state index >= 15 is 0 Å². The quantitative estimate of drug-likeness (QED) is 0.306. The van der Waals surface area contributed by atoms with Crippen molar-refractivity contribution in [1.82, 2.24) is 0 Å². The Morgan fingerprint density at radius 2 is 1.43 bits per heavy atom. The molecule has 0 aromatic heterocycles. The van der Waals surface area contributed by atoms with Gasteiger partial charge in [-0.3, -0.25) is 4.79 Å². The molecular weight excluding hydrogens is 372 g/mol. The first kappa shape index (κ1) is 19.3. The zero-order valence-corrected chi connectivity index (χ0v) is 16.4. The molecular formula is C26H22N2O2. The number of hydrogen-bond donors (Lipinski definition) is 2. The third-order valence-electron chi connectivity index (χ3n) is 4.79. The lowest BCUT2D eigenvalue weighted by atomic mass is 9.98. The lowest BCUT2D eigenvalue weighted by molar-refractivity contribution is 0.103. The molecule has 0 fully saturated rings. The average molecular weight is 394 g/mol. The third-order valence-corrected chi connectivity index (χ3v) is 4.79. The topological polar surface area (TPSA) is 64.3 Å². The van der Waals surface area contributed by atoms with Crippen molar-refractivity contribution in [1.29, 1.82) is 0 Å². The summed E-state index contributed by atoms with van der Waals surface area (Å²) in [4.78, 5) is 13.1. The Kier molecular flexibility index (Phi) is 5.76. The summed E-state index contributed by atoms with van der Waals surface area (Å²) in [6, 6.07) is 32.1. The van der Waals surface area contributed by atoms with E-state index in [1.165, 1.54) is 0 Å². The lowest BCUT2D eigenvalue weighted by Crippen LogP contribution is -2.08. The molecule has 0 atom stereocenters. The second-order valence-corrected chi connectivity index (χ2v) is 6.88. The van der Waals surface area contributed by atoms with Crippen LogP contribution in [0.15, 0.2) is 103 Å². The zero-order valence-electron chi connectivity index (χ0n) is 16.4. The monoisotopic (exact) mass is 394 g/mol. The number of carbonyl (C=O) groups excluding carboxylic acids is 1. The van der Waals surface area contributed by atoms with Crippen LogP contribution in [-0.4, -0.2) is 5.78 Å². The van der Waals surface area contributed by atoms with Crippen molar-refractivity contribution in [2.75, 3.05) is 11.1 Å². The van der Waals surface area contributed by atoms with Crippen molar-refractivity contribution in [2.24, 2.45) is 0 Å². The molecule has 0 unspecified atom stereocenters. The van der Waals surface area contributed by atoms with Crippen LogP contribution in [0.2, 0.25) is 0 Å². The number of nitrogen functional groups attached to an aromatic ring is 1. The molecule has 148 valence electrons. The number of nitrogens with two attached hydrogens (primary N) is 1. The van der Waals surface area contributed by atoms with Crippen LogP contribution < -0.4 is 15.8 Å². The Morgan fingerprint density at radius 1 is 0.767 bits per heavy atom. The minimum atomic E-state index is -0.0342. The van der Waals surface area contributed by atoms with Crippen LogP contribution in [0.25, 0.3) is 0 Å². The molecule has 4 aromatic carbocycles. The third kappa shape index (κ3) is 4.50. The van der Waals surface area contributed by atoms with Crippen molar-refractivity contribution >= 4 is 22.8 Å². The van der Waals surface area contributed by atoms with Gasteiger partial charge in [-0.25, -0.2) is 0 Å². The van der Waals surface area contributed by atoms with Gasteiger partial charge in [0.1, 0.15) is 12.4 Å². The number of benzene rings is 4. The van der Waals surface area contributed by atoms with Gasteiger partial charge in [-0.2, -0.15) is 0 Å². The maximum atomic E-state index is 13.1. The zero-order chi connectivity index (χ0) is 20.8. The molecule has 0 radical (unpaired) electrons. The Balaban J connectivity index is 1.50. The van der Waals surface area contributed by atoms with Crippen LogP contribution in [0.1, 0.15) is 21.5 Å². The summed E-state index contributed by atoms with van der Waals surface area (Å²) in [6.45, 7) is 0.332. The van der Waals surface area contributed by atoms with Gasteiger partial charge in [-0.1, -0.05) is 54.6 Å². The molecule has 0 bridgehead atoms. The van der Waals surface area contributed by atoms with Crippen LogP contribution in [0.5, 0.6) is 5.75 Å². The van der Waals surface area contributed by atoms with Crippen LogP contribution in [0.3, 0.4) is 0 Å². The highest BCUT2D eigenvalue weighted by molar-refractivity contribution is 6.10. The van der Waals surface area contributed by atoms with Gasteiger partial charge in [0.15, 0.2) is 5.78 Å². The summed E-state index contributed by atoms with van der Waals surface area (Å²) in [5.41, 5.74) is 10.5. The molecule has 0 saturated heterocycles. The molecule has 4 nitrogen and oxygen atoms in total. The number of ether oxygens (including phenoxy) is 1. The van der Waals surface area contributed by atoms with E-state index in [1.807, 2.05) is 103 Å². The summed E-state index contributed by atoms with van der Waals surface area (Å²) < 4.78 is 5.84. The normalized spacial score (nSPS) is 10.4. The van der Waals surface area contributed by atoms with E-state index in [4.69, 9.17) is 10.5 Å². The fraction of sp³-hybridized carbons (Fsp3) is 0.0385. The van der Waals surface area contributed by atoms with Crippen LogP contribution in [-0.2, 0) is 6.61 Å². The average Bonchev–Trinajstić information content (AvgIpc) is 2.80. The molecule has 30 heavy (non-hydrogen) atoms. The van der Waals surface area contributed by atoms with Crippen LogP contribution in [0, 0.1) is 0 Å². The molecule has 4 heteroatoms. The van der Waals surface area contributed by atoms with E-state index in [9.17, 15) is 4.79 Å². The van der Waals surface area contributed by atoms with Gasteiger partial charge in [0, 0.05) is 22.4 Å². The van der Waals surface area contributed by atoms with E-state index in [1.54, 1.807) is 0 Å². The molecule has 0 aliphatic heterocycles. The smallest absolute Gasteiger partial charge is 0.193 e. The number of hydrogen-bond acceptors (Lipinski definition) is 4. The number of rotatable bonds is 7. The highest BCUT2D eigenvalue weighted by atomic mass is 16.5. The first-order valence-electron chi connectivity index (χ1n) is 9.73. The molecule has 3 N–H and O–H groups in total. The SMILES string of the molecule is Nc1ccccc1Nc1ccc(C(=O)c2ccccc2COc2ccccc2)cc1. The molecule has 0 amide bonds. The van der Waals surface area contributed by atoms with Crippen molar-refractivity contribution in [2.45, 2.75) is 6.61 Å². The number of ketones is 1. The maximum Gasteiger partial charge on any atom is 0.193 e. The van der Waals surface area contributed by atoms with E-state index in [0.717, 1.165) is 22.7 Å². The fourth-order valence-electron chi connectivity index (χ4n) is 3.17. The minimum Gasteiger partial charge on any atom is -0.489 e. The summed E-state index contributed by atoms with van der Waals surface area (Å²) in [7, 11) is 0. The Hall–Kier alpha value is -4.05. The fourth-order valence-corrected chi connectivity index (χ4v) is 3.17. The van der Waals surface area contributed by atoms with E-state index < -0.39 is 0 Å². The minimum absolute atomic E-state index is 0.0342. The highest BCUT2D eigenvalue weighted by Gasteiger charge is 2.14. The van der Waals surface area contributed by atoms with Gasteiger partial charge in [-0.15, -0.1) is 0 Å². The van der Waals surface area contributed by atoms with Crippen LogP contribution in [0.4, 0.5) is 17.1 Å². The first-order valence-corrected chi connectivity index (χ1v) is 9.73. The molecule has 0 spiro atoms. The Bertz CT molecular complexity index is 1140. The summed E-state index contributed by atoms with van der Waals surface area (Å²) in [5, 5.41) is 3.27. The van der Waals surface area contributed by atoms with Crippen molar-refractivity contribution < 1.29 is 9.53 Å². The molecule has 0 heterocycles. The number of carbonyl (C=O) groups is 1. The van der Waals surface area contributed by atoms with Gasteiger partial charge in [0.2, 0.25) is 0 Å². The number of nitrogens with one attached hydrogen (secondary N) is 1. The van der Waals surface area contributed by atoms with Crippen molar-refractivity contribution in [3.8, 4) is 5.75 Å². The summed E-state index contributed by atoms with van der Waals surface area (Å²) in [5.74, 6) is 0.739. The van der Waals surface area contributed by atoms with E-state index in [-0.39, 0.29) is 5.78 Å². The largest absolute Gasteiger partial charge is 0.489 e. The highest BCUT2D eigenvalue weighted by Crippen LogP contribution is 2.24. The molecule has 0 aliphatic carbocycles. The predicted molar refractivity (Wildman–Crippen MR) is 121 cm³/mol. The second-order valence-electron chi connectivity index (χ2n) is 6.88. The predicted octanol–water partition coefficient (Wildman–Crippen LogP) is 5.82. The number of anilines is 3. The van der Waals surface area contributed by atoms with Gasteiger partial charge in [0.05, 0.1) is 11.4 Å². The van der Waals surface area contributed by atoms with Gasteiger partial charge >= 0.3 is 0 Å². The first-order chi connectivity index (χ1) is 14.7. The van der Waals surface area contributed by atoms with Gasteiger partial charge in [0.25, 0.3) is 0 Å². The standard InChI is InChI=1S/C26H22N2O2/c27-24-12-6-7-13-25(24)28-21-16-14-19(15-17-21)26(29)23-11-5-4-8-20(23)18-30-22-9-2-1-3-10-22/h1-17,28H,18,27H2. The Morgan fingerprint density at radius 3 is 2.20 bits per heavy atom. The number of para-hydroxylation sites is 3. The van der Waals surface area contributed by atoms with Crippen molar-refractivity contribution in [3.05, 3.63) is 120 Å². The van der Waals surface area contributed by atoms with E-state index in [2.05, 4.69) is 5.32 Å². The molecule has 4 rings (SSSR count). The summed E-state index contributed by atoms with van der Waals surface area (Å²) in [6.07, 6.45) is 0. The lowest BCUT2D eigenvalue weighted by Gasteiger charge is -2.12. The maximum absolute atomic E-state index is 13.1. The van der Waals surface area contributed by atoms with Crippen molar-refractivity contribution in [3.63, 3.8) is 0 Å². The van der Waals surface area contributed by atoms with Gasteiger partial charge < -0.3 is 15.8 Å². The Labute approximate surface area is 175 Å². The van der Waals surface area contributed by atoms with Gasteiger partial charge in [-0.05, 0) is 48.5 Å².